The van der Waals surface area contributed by atoms with E-state index in [0.717, 1.165) is 67.1 Å². The average Bonchev–Trinajstić information content (AvgIpc) is 3.37. The lowest BCUT2D eigenvalue weighted by molar-refractivity contribution is -0.133. The summed E-state index contributed by atoms with van der Waals surface area (Å²) in [7, 11) is 1.65. The van der Waals surface area contributed by atoms with Gasteiger partial charge in [-0.2, -0.15) is 0 Å². The van der Waals surface area contributed by atoms with Crippen LogP contribution < -0.4 is 14.2 Å². The zero-order chi connectivity index (χ0) is 23.3. The van der Waals surface area contributed by atoms with E-state index >= 15 is 0 Å². The van der Waals surface area contributed by atoms with Crippen molar-refractivity contribution in [3.63, 3.8) is 0 Å². The summed E-state index contributed by atoms with van der Waals surface area (Å²) in [6, 6.07) is 17.8. The lowest BCUT2D eigenvalue weighted by Gasteiger charge is -2.35. The van der Waals surface area contributed by atoms with Gasteiger partial charge in [0.05, 0.1) is 7.11 Å². The number of methoxy groups -OCH3 is 1. The van der Waals surface area contributed by atoms with Crippen molar-refractivity contribution in [2.75, 3.05) is 46.5 Å². The minimum absolute atomic E-state index is 0.182. The van der Waals surface area contributed by atoms with Crippen LogP contribution in [0, 0.1) is 0 Å². The molecular formula is C27H30N2O5. The molecule has 2 aliphatic heterocycles. The lowest BCUT2D eigenvalue weighted by Crippen LogP contribution is -2.48. The Bertz CT molecular complexity index is 1120. The summed E-state index contributed by atoms with van der Waals surface area (Å²) >= 11 is 0. The second-order valence-corrected chi connectivity index (χ2v) is 8.63. The quantitative estimate of drug-likeness (QED) is 0.529. The van der Waals surface area contributed by atoms with Crippen molar-refractivity contribution >= 4 is 5.91 Å². The Balaban J connectivity index is 1.08. The van der Waals surface area contributed by atoms with Crippen LogP contribution in [0.1, 0.15) is 17.7 Å². The molecule has 0 saturated carbocycles. The standard InChI is InChI=1S/C27H30N2O5/c1-31-22-5-3-21(4-6-22)24-10-7-23(34-24)8-11-27(30)29-14-12-28(13-15-29)19-20-2-9-25-26(18-20)33-17-16-32-25/h2-7,9-10,18H,8,11-17,19H2,1H3. The van der Waals surface area contributed by atoms with Gasteiger partial charge in [0.15, 0.2) is 11.5 Å². The van der Waals surface area contributed by atoms with Crippen molar-refractivity contribution in [3.05, 3.63) is 65.9 Å². The van der Waals surface area contributed by atoms with Crippen LogP contribution in [0.2, 0.25) is 0 Å². The summed E-state index contributed by atoms with van der Waals surface area (Å²) in [6.07, 6.45) is 1.06. The minimum Gasteiger partial charge on any atom is -0.497 e. The summed E-state index contributed by atoms with van der Waals surface area (Å²) in [5, 5.41) is 0. The third kappa shape index (κ3) is 5.20. The molecule has 0 radical (unpaired) electrons. The van der Waals surface area contributed by atoms with Gasteiger partial charge in [0.2, 0.25) is 5.91 Å². The summed E-state index contributed by atoms with van der Waals surface area (Å²) < 4.78 is 22.5. The molecule has 2 aliphatic rings. The number of piperazine rings is 1. The lowest BCUT2D eigenvalue weighted by atomic mass is 10.1. The third-order valence-corrected chi connectivity index (χ3v) is 6.36. The van der Waals surface area contributed by atoms with E-state index in [9.17, 15) is 4.79 Å². The Morgan fingerprint density at radius 1 is 0.912 bits per heavy atom. The summed E-state index contributed by atoms with van der Waals surface area (Å²) in [4.78, 5) is 17.1. The molecule has 0 spiro atoms. The fraction of sp³-hybridized carbons (Fsp3) is 0.370. The molecule has 2 aromatic carbocycles. The molecule has 34 heavy (non-hydrogen) atoms. The molecule has 1 fully saturated rings. The molecule has 0 N–H and O–H groups in total. The molecule has 1 aromatic heterocycles. The van der Waals surface area contributed by atoms with Gasteiger partial charge in [-0.3, -0.25) is 9.69 Å². The van der Waals surface area contributed by atoms with Crippen LogP contribution >= 0.6 is 0 Å². The van der Waals surface area contributed by atoms with Gasteiger partial charge in [-0.25, -0.2) is 0 Å². The van der Waals surface area contributed by atoms with Crippen molar-refractivity contribution in [2.24, 2.45) is 0 Å². The Kier molecular flexibility index (Phi) is 6.72. The van der Waals surface area contributed by atoms with Crippen molar-refractivity contribution in [1.29, 1.82) is 0 Å². The first-order chi connectivity index (χ1) is 16.7. The second kappa shape index (κ2) is 10.2. The van der Waals surface area contributed by atoms with Crippen LogP contribution in [0.3, 0.4) is 0 Å². The first kappa shape index (κ1) is 22.3. The SMILES string of the molecule is COc1ccc(-c2ccc(CCC(=O)N3CCN(Cc4ccc5c(c4)OCCO5)CC3)o2)cc1. The average molecular weight is 463 g/mol. The van der Waals surface area contributed by atoms with E-state index in [1.54, 1.807) is 7.11 Å². The van der Waals surface area contributed by atoms with E-state index in [2.05, 4.69) is 17.0 Å². The van der Waals surface area contributed by atoms with Gasteiger partial charge in [0.1, 0.15) is 30.5 Å². The van der Waals surface area contributed by atoms with Gasteiger partial charge in [-0.15, -0.1) is 0 Å². The van der Waals surface area contributed by atoms with Crippen molar-refractivity contribution in [3.8, 4) is 28.6 Å². The maximum Gasteiger partial charge on any atom is 0.223 e. The maximum atomic E-state index is 12.8. The topological polar surface area (TPSA) is 64.4 Å². The van der Waals surface area contributed by atoms with Gasteiger partial charge < -0.3 is 23.5 Å². The monoisotopic (exact) mass is 462 g/mol. The van der Waals surface area contributed by atoms with E-state index in [1.165, 1.54) is 5.56 Å². The fourth-order valence-electron chi connectivity index (χ4n) is 4.41. The van der Waals surface area contributed by atoms with Crippen molar-refractivity contribution < 1.29 is 23.4 Å². The first-order valence-corrected chi connectivity index (χ1v) is 11.8. The number of hydrogen-bond acceptors (Lipinski definition) is 6. The molecule has 3 heterocycles. The molecule has 7 nitrogen and oxygen atoms in total. The molecule has 7 heteroatoms. The molecule has 0 bridgehead atoms. The van der Waals surface area contributed by atoms with Crippen molar-refractivity contribution in [2.45, 2.75) is 19.4 Å². The molecule has 0 aliphatic carbocycles. The van der Waals surface area contributed by atoms with Gasteiger partial charge in [-0.1, -0.05) is 6.07 Å². The predicted octanol–water partition coefficient (Wildman–Crippen LogP) is 4.00. The number of rotatable bonds is 7. The van der Waals surface area contributed by atoms with E-state index in [4.69, 9.17) is 18.6 Å². The number of hydrogen-bond donors (Lipinski definition) is 0. The second-order valence-electron chi connectivity index (χ2n) is 8.63. The molecule has 1 saturated heterocycles. The van der Waals surface area contributed by atoms with Crippen LogP contribution in [-0.2, 0) is 17.8 Å². The number of fused-ring (bicyclic) bond motifs is 1. The number of ether oxygens (including phenoxy) is 3. The highest BCUT2D eigenvalue weighted by molar-refractivity contribution is 5.76. The summed E-state index contributed by atoms with van der Waals surface area (Å²) in [5.41, 5.74) is 2.20. The van der Waals surface area contributed by atoms with Gasteiger partial charge in [0.25, 0.3) is 0 Å². The Labute approximate surface area is 199 Å². The largest absolute Gasteiger partial charge is 0.497 e. The highest BCUT2D eigenvalue weighted by Gasteiger charge is 2.22. The molecular weight excluding hydrogens is 432 g/mol. The number of carbonyl (C=O) groups is 1. The highest BCUT2D eigenvalue weighted by Crippen LogP contribution is 2.31. The normalized spacial score (nSPS) is 15.9. The van der Waals surface area contributed by atoms with E-state index in [0.29, 0.717) is 26.1 Å². The number of nitrogens with zero attached hydrogens (tertiary/aromatic N) is 2. The summed E-state index contributed by atoms with van der Waals surface area (Å²) in [6.45, 7) is 5.27. The number of furan rings is 1. The summed E-state index contributed by atoms with van der Waals surface area (Å²) in [5.74, 6) is 4.27. The highest BCUT2D eigenvalue weighted by atomic mass is 16.6. The number of carbonyl (C=O) groups excluding carboxylic acids is 1. The molecule has 3 aromatic rings. The Morgan fingerprint density at radius 3 is 2.44 bits per heavy atom. The number of benzene rings is 2. The van der Waals surface area contributed by atoms with Crippen LogP contribution in [0.4, 0.5) is 0 Å². The van der Waals surface area contributed by atoms with Crippen molar-refractivity contribution in [1.82, 2.24) is 9.80 Å². The maximum absolute atomic E-state index is 12.8. The van der Waals surface area contributed by atoms with Gasteiger partial charge >= 0.3 is 0 Å². The van der Waals surface area contributed by atoms with E-state index in [-0.39, 0.29) is 5.91 Å². The number of amides is 1. The zero-order valence-electron chi connectivity index (χ0n) is 19.5. The third-order valence-electron chi connectivity index (χ3n) is 6.36. The van der Waals surface area contributed by atoms with E-state index in [1.807, 2.05) is 47.4 Å². The van der Waals surface area contributed by atoms with Crippen LogP contribution in [0.15, 0.2) is 59.0 Å². The molecule has 0 unspecified atom stereocenters. The molecule has 5 rings (SSSR count). The fourth-order valence-corrected chi connectivity index (χ4v) is 4.41. The molecule has 178 valence electrons. The number of aryl methyl sites for hydroxylation is 1. The van der Waals surface area contributed by atoms with Crippen LogP contribution in [0.25, 0.3) is 11.3 Å². The molecule has 1 amide bonds. The van der Waals surface area contributed by atoms with Crippen LogP contribution in [0.5, 0.6) is 17.2 Å². The zero-order valence-corrected chi connectivity index (χ0v) is 19.5. The Morgan fingerprint density at radius 2 is 1.68 bits per heavy atom. The van der Waals surface area contributed by atoms with E-state index < -0.39 is 0 Å². The predicted molar refractivity (Wildman–Crippen MR) is 128 cm³/mol. The molecule has 0 atom stereocenters. The van der Waals surface area contributed by atoms with Gasteiger partial charge in [-0.05, 0) is 54.1 Å². The minimum atomic E-state index is 0.182. The smallest absolute Gasteiger partial charge is 0.223 e. The Hall–Kier alpha value is -3.45. The first-order valence-electron chi connectivity index (χ1n) is 11.8. The van der Waals surface area contributed by atoms with Gasteiger partial charge in [0, 0.05) is 51.1 Å². The van der Waals surface area contributed by atoms with Crippen LogP contribution in [-0.4, -0.2) is 62.2 Å².